The van der Waals surface area contributed by atoms with Crippen molar-refractivity contribution in [1.82, 2.24) is 15.1 Å². The molecular weight excluding hydrogens is 372 g/mol. The third kappa shape index (κ3) is 4.85. The molecule has 3 rings (SSSR count). The summed E-state index contributed by atoms with van der Waals surface area (Å²) in [5.74, 6) is 0.771. The van der Waals surface area contributed by atoms with E-state index in [4.69, 9.17) is 0 Å². The van der Waals surface area contributed by atoms with E-state index in [1.807, 2.05) is 43.0 Å². The van der Waals surface area contributed by atoms with Crippen LogP contribution in [0.25, 0.3) is 0 Å². The average molecular weight is 400 g/mol. The van der Waals surface area contributed by atoms with Crippen LogP contribution < -0.4 is 15.5 Å². The molecule has 0 aliphatic carbocycles. The summed E-state index contributed by atoms with van der Waals surface area (Å²) in [5.41, 5.74) is 2.48. The van der Waals surface area contributed by atoms with Crippen LogP contribution in [0.1, 0.15) is 31.0 Å². The second-order valence-electron chi connectivity index (χ2n) is 7.51. The zero-order valence-electron chi connectivity index (χ0n) is 17.1. The van der Waals surface area contributed by atoms with Crippen LogP contribution in [0.2, 0.25) is 0 Å². The van der Waals surface area contributed by atoms with Gasteiger partial charge in [0.15, 0.2) is 0 Å². The van der Waals surface area contributed by atoms with Crippen molar-refractivity contribution in [2.45, 2.75) is 33.1 Å². The molecule has 2 heterocycles. The summed E-state index contributed by atoms with van der Waals surface area (Å²) < 4.78 is 1.61. The normalized spacial score (nSPS) is 16.5. The number of carbonyl (C=O) groups is 1. The van der Waals surface area contributed by atoms with Crippen molar-refractivity contribution in [3.05, 3.63) is 45.6 Å². The first-order chi connectivity index (χ1) is 13.9. The average Bonchev–Trinajstić information content (AvgIpc) is 3.05. The molecule has 1 aromatic heterocycles. The Balaban J connectivity index is 1.61. The number of aromatic nitrogens is 2. The van der Waals surface area contributed by atoms with Gasteiger partial charge in [0, 0.05) is 32.4 Å². The molecule has 2 N–H and O–H groups in total. The molecule has 0 saturated carbocycles. The van der Waals surface area contributed by atoms with Crippen LogP contribution >= 0.6 is 0 Å². The topological polar surface area (TPSA) is 105 Å². The van der Waals surface area contributed by atoms with E-state index in [-0.39, 0.29) is 22.6 Å². The number of nitro groups is 1. The van der Waals surface area contributed by atoms with Gasteiger partial charge in [0.25, 0.3) is 0 Å². The molecule has 0 radical (unpaired) electrons. The van der Waals surface area contributed by atoms with Crippen LogP contribution in [-0.4, -0.2) is 40.4 Å². The van der Waals surface area contributed by atoms with Crippen LogP contribution in [-0.2, 0) is 13.5 Å². The molecule has 1 unspecified atom stereocenters. The van der Waals surface area contributed by atoms with Crippen LogP contribution in [0.5, 0.6) is 0 Å². The molecule has 1 fully saturated rings. The minimum atomic E-state index is -0.335. The Morgan fingerprint density at radius 2 is 2.07 bits per heavy atom. The number of hydrogen-bond donors (Lipinski definition) is 2. The fourth-order valence-corrected chi connectivity index (χ4v) is 3.81. The fourth-order valence-electron chi connectivity index (χ4n) is 3.81. The van der Waals surface area contributed by atoms with E-state index in [0.29, 0.717) is 31.0 Å². The van der Waals surface area contributed by atoms with Crippen molar-refractivity contribution in [3.8, 4) is 0 Å². The number of piperidine rings is 1. The van der Waals surface area contributed by atoms with Crippen LogP contribution in [0, 0.1) is 23.0 Å². The van der Waals surface area contributed by atoms with Gasteiger partial charge in [-0.15, -0.1) is 0 Å². The van der Waals surface area contributed by atoms with Gasteiger partial charge in [-0.05, 0) is 44.2 Å². The summed E-state index contributed by atoms with van der Waals surface area (Å²) in [4.78, 5) is 25.5. The summed E-state index contributed by atoms with van der Waals surface area (Å²) in [5, 5.41) is 21.7. The van der Waals surface area contributed by atoms with Crippen LogP contribution in [0.3, 0.4) is 0 Å². The summed E-state index contributed by atoms with van der Waals surface area (Å²) in [7, 11) is 1.75. The lowest BCUT2D eigenvalue weighted by Gasteiger charge is -2.33. The molecule has 1 aliphatic heterocycles. The van der Waals surface area contributed by atoms with Crippen molar-refractivity contribution in [2.24, 2.45) is 13.0 Å². The molecule has 2 aromatic rings. The Labute approximate surface area is 170 Å². The molecule has 0 bridgehead atoms. The van der Waals surface area contributed by atoms with E-state index in [1.165, 1.54) is 0 Å². The van der Waals surface area contributed by atoms with Crippen molar-refractivity contribution >= 4 is 23.2 Å². The molecular formula is C20H28N6O3. The Morgan fingerprint density at radius 3 is 2.72 bits per heavy atom. The van der Waals surface area contributed by atoms with Gasteiger partial charge in [-0.1, -0.05) is 24.6 Å². The SMILES string of the molecule is CCc1nn(C)c(N2CCCC(CNC(=O)Nc3ccc(C)cc3)C2)c1[N+](=O)[O-]. The largest absolute Gasteiger partial charge is 0.351 e. The highest BCUT2D eigenvalue weighted by atomic mass is 16.6. The number of amides is 2. The van der Waals surface area contributed by atoms with Crippen molar-refractivity contribution in [2.75, 3.05) is 29.9 Å². The quantitative estimate of drug-likeness (QED) is 0.572. The minimum absolute atomic E-state index is 0.0979. The van der Waals surface area contributed by atoms with Crippen LogP contribution in [0.15, 0.2) is 24.3 Å². The number of benzene rings is 1. The van der Waals surface area contributed by atoms with Crippen molar-refractivity contribution < 1.29 is 9.72 Å². The van der Waals surface area contributed by atoms with Gasteiger partial charge in [-0.2, -0.15) is 5.10 Å². The third-order valence-electron chi connectivity index (χ3n) is 5.26. The van der Waals surface area contributed by atoms with Gasteiger partial charge in [-0.3, -0.25) is 10.1 Å². The first-order valence-corrected chi connectivity index (χ1v) is 9.95. The lowest BCUT2D eigenvalue weighted by atomic mass is 9.98. The second kappa shape index (κ2) is 8.93. The highest BCUT2D eigenvalue weighted by Gasteiger charge is 2.32. The van der Waals surface area contributed by atoms with E-state index in [2.05, 4.69) is 15.7 Å². The fraction of sp³-hybridized carbons (Fsp3) is 0.500. The molecule has 1 atom stereocenters. The number of urea groups is 1. The number of rotatable bonds is 6. The van der Waals surface area contributed by atoms with Crippen molar-refractivity contribution in [1.29, 1.82) is 0 Å². The first kappa shape index (κ1) is 20.6. The smallest absolute Gasteiger partial charge is 0.334 e. The number of hydrogen-bond acceptors (Lipinski definition) is 5. The maximum Gasteiger partial charge on any atom is 0.334 e. The Kier molecular flexibility index (Phi) is 6.36. The van der Waals surface area contributed by atoms with Crippen molar-refractivity contribution in [3.63, 3.8) is 0 Å². The van der Waals surface area contributed by atoms with Gasteiger partial charge in [0.2, 0.25) is 5.82 Å². The van der Waals surface area contributed by atoms with E-state index in [0.717, 1.165) is 30.6 Å². The molecule has 9 nitrogen and oxygen atoms in total. The van der Waals surface area contributed by atoms with Crippen LogP contribution in [0.4, 0.5) is 22.0 Å². The summed E-state index contributed by atoms with van der Waals surface area (Å²) >= 11 is 0. The molecule has 0 spiro atoms. The van der Waals surface area contributed by atoms with Gasteiger partial charge in [0.05, 0.1) is 4.92 Å². The maximum absolute atomic E-state index is 12.2. The number of carbonyl (C=O) groups excluding carboxylic acids is 1. The number of nitrogens with zero attached hydrogens (tertiary/aromatic N) is 4. The predicted octanol–water partition coefficient (Wildman–Crippen LogP) is 3.24. The zero-order valence-corrected chi connectivity index (χ0v) is 17.1. The lowest BCUT2D eigenvalue weighted by molar-refractivity contribution is -0.384. The Hall–Kier alpha value is -3.10. The van der Waals surface area contributed by atoms with E-state index < -0.39 is 0 Å². The highest BCUT2D eigenvalue weighted by Crippen LogP contribution is 2.34. The molecule has 1 aromatic carbocycles. The molecule has 156 valence electrons. The number of aryl methyl sites for hydroxylation is 3. The highest BCUT2D eigenvalue weighted by molar-refractivity contribution is 5.89. The van der Waals surface area contributed by atoms with Gasteiger partial charge in [0.1, 0.15) is 5.69 Å². The van der Waals surface area contributed by atoms with E-state index >= 15 is 0 Å². The Morgan fingerprint density at radius 1 is 1.34 bits per heavy atom. The summed E-state index contributed by atoms with van der Waals surface area (Å²) in [6.07, 6.45) is 2.39. The molecule has 1 saturated heterocycles. The monoisotopic (exact) mass is 400 g/mol. The lowest BCUT2D eigenvalue weighted by Crippen LogP contribution is -2.42. The van der Waals surface area contributed by atoms with E-state index in [9.17, 15) is 14.9 Å². The molecule has 1 aliphatic rings. The second-order valence-corrected chi connectivity index (χ2v) is 7.51. The molecule has 2 amide bonds. The third-order valence-corrected chi connectivity index (χ3v) is 5.26. The molecule has 9 heteroatoms. The standard InChI is InChI=1S/C20H28N6O3/c1-4-17-18(26(28)29)19(24(3)23-17)25-11-5-6-15(13-25)12-21-20(27)22-16-9-7-14(2)8-10-16/h7-10,15H,4-6,11-13H2,1-3H3,(H2,21,22,27). The number of nitrogens with one attached hydrogen (secondary N) is 2. The predicted molar refractivity (Wildman–Crippen MR) is 112 cm³/mol. The van der Waals surface area contributed by atoms with Gasteiger partial charge < -0.3 is 15.5 Å². The maximum atomic E-state index is 12.2. The first-order valence-electron chi connectivity index (χ1n) is 9.95. The summed E-state index contributed by atoms with van der Waals surface area (Å²) in [6.45, 7) is 5.77. The Bertz CT molecular complexity index is 877. The molecule has 29 heavy (non-hydrogen) atoms. The summed E-state index contributed by atoms with van der Waals surface area (Å²) in [6, 6.07) is 7.37. The number of anilines is 2. The minimum Gasteiger partial charge on any atom is -0.351 e. The van der Waals surface area contributed by atoms with Gasteiger partial charge >= 0.3 is 11.7 Å². The van der Waals surface area contributed by atoms with E-state index in [1.54, 1.807) is 11.7 Å². The zero-order chi connectivity index (χ0) is 21.0. The van der Waals surface area contributed by atoms with Gasteiger partial charge in [-0.25, -0.2) is 9.48 Å².